The number of amides is 1. The van der Waals surface area contributed by atoms with Crippen LogP contribution in [0, 0.1) is 0 Å². The molecule has 0 spiro atoms. The first-order chi connectivity index (χ1) is 15.1. The normalized spacial score (nSPS) is 11.1. The highest BCUT2D eigenvalue weighted by Crippen LogP contribution is 2.27. The third kappa shape index (κ3) is 6.65. The summed E-state index contributed by atoms with van der Waals surface area (Å²) in [6, 6.07) is 17.6. The summed E-state index contributed by atoms with van der Waals surface area (Å²) < 4.78 is 29.7. The molecule has 3 aromatic carbocycles. The molecule has 32 heavy (non-hydrogen) atoms. The largest absolute Gasteiger partial charge is 0.326 e. The third-order valence-corrected chi connectivity index (χ3v) is 7.27. The van der Waals surface area contributed by atoms with E-state index in [2.05, 4.69) is 41.9 Å². The average molecular weight is 601 g/mol. The molecule has 10 heteroatoms. The van der Waals surface area contributed by atoms with Gasteiger partial charge in [0.15, 0.2) is 5.78 Å². The van der Waals surface area contributed by atoms with Crippen molar-refractivity contribution in [3.05, 3.63) is 86.3 Å². The van der Waals surface area contributed by atoms with Gasteiger partial charge in [0.1, 0.15) is 4.90 Å². The van der Waals surface area contributed by atoms with Crippen molar-refractivity contribution < 1.29 is 18.0 Å². The van der Waals surface area contributed by atoms with Crippen molar-refractivity contribution in [2.75, 3.05) is 10.0 Å². The minimum atomic E-state index is -3.99. The molecule has 3 aromatic rings. The van der Waals surface area contributed by atoms with E-state index in [-0.39, 0.29) is 34.2 Å². The Morgan fingerprint density at radius 1 is 0.812 bits per heavy atom. The van der Waals surface area contributed by atoms with Crippen LogP contribution in [0.1, 0.15) is 23.2 Å². The second-order valence-electron chi connectivity index (χ2n) is 6.74. The molecule has 0 bridgehead atoms. The predicted molar refractivity (Wildman–Crippen MR) is 133 cm³/mol. The van der Waals surface area contributed by atoms with Gasteiger partial charge in [-0.25, -0.2) is 8.42 Å². The molecule has 3 rings (SSSR count). The standard InChI is InChI=1S/C22H17Br2ClN2O4S/c23-15-3-1-14(2-4-15)20(28)11-12-22(29)26-18-9-10-19(25)21(13-18)32(30,31)27-17-7-5-16(24)6-8-17/h1-10,13,27H,11-12H2,(H,26,29). The number of carbonyl (C=O) groups excluding carboxylic acids is 2. The molecule has 0 unspecified atom stereocenters. The van der Waals surface area contributed by atoms with Gasteiger partial charge in [-0.05, 0) is 54.6 Å². The Morgan fingerprint density at radius 3 is 2.00 bits per heavy atom. The maximum atomic E-state index is 12.8. The van der Waals surface area contributed by atoms with Gasteiger partial charge in [-0.1, -0.05) is 55.6 Å². The summed E-state index contributed by atoms with van der Waals surface area (Å²) in [7, 11) is -3.99. The number of nitrogens with one attached hydrogen (secondary N) is 2. The van der Waals surface area contributed by atoms with Gasteiger partial charge in [-0.3, -0.25) is 14.3 Å². The SMILES string of the molecule is O=C(CCC(=O)c1ccc(Br)cc1)Nc1ccc(Cl)c(S(=O)(=O)Nc2ccc(Br)cc2)c1. The van der Waals surface area contributed by atoms with Gasteiger partial charge in [-0.2, -0.15) is 0 Å². The Morgan fingerprint density at radius 2 is 1.38 bits per heavy atom. The van der Waals surface area contributed by atoms with Crippen LogP contribution in [0.3, 0.4) is 0 Å². The number of hydrogen-bond acceptors (Lipinski definition) is 4. The van der Waals surface area contributed by atoms with E-state index in [9.17, 15) is 18.0 Å². The third-order valence-electron chi connectivity index (χ3n) is 4.35. The molecule has 0 aliphatic heterocycles. The smallest absolute Gasteiger partial charge is 0.263 e. The molecule has 166 valence electrons. The lowest BCUT2D eigenvalue weighted by Crippen LogP contribution is -2.16. The Kier molecular flexibility index (Phi) is 8.10. The molecule has 0 heterocycles. The van der Waals surface area contributed by atoms with Crippen LogP contribution < -0.4 is 10.0 Å². The molecule has 6 nitrogen and oxygen atoms in total. The van der Waals surface area contributed by atoms with Crippen molar-refractivity contribution in [1.82, 2.24) is 0 Å². The summed E-state index contributed by atoms with van der Waals surface area (Å²) in [5.74, 6) is -0.576. The Bertz CT molecular complexity index is 1250. The van der Waals surface area contributed by atoms with Gasteiger partial charge >= 0.3 is 0 Å². The quantitative estimate of drug-likeness (QED) is 0.298. The molecular formula is C22H17Br2ClN2O4S. The van der Waals surface area contributed by atoms with Crippen LogP contribution in [-0.2, 0) is 14.8 Å². The zero-order valence-corrected chi connectivity index (χ0v) is 21.2. The fourth-order valence-electron chi connectivity index (χ4n) is 2.75. The maximum absolute atomic E-state index is 12.8. The number of sulfonamides is 1. The number of anilines is 2. The lowest BCUT2D eigenvalue weighted by atomic mass is 10.1. The molecule has 2 N–H and O–H groups in total. The van der Waals surface area contributed by atoms with E-state index in [1.165, 1.54) is 18.2 Å². The molecule has 1 amide bonds. The van der Waals surface area contributed by atoms with Crippen molar-refractivity contribution in [3.8, 4) is 0 Å². The summed E-state index contributed by atoms with van der Waals surface area (Å²) in [5.41, 5.74) is 1.14. The van der Waals surface area contributed by atoms with Crippen molar-refractivity contribution in [1.29, 1.82) is 0 Å². The summed E-state index contributed by atoms with van der Waals surface area (Å²) in [5, 5.41) is 2.63. The average Bonchev–Trinajstić information content (AvgIpc) is 2.75. The van der Waals surface area contributed by atoms with Crippen molar-refractivity contribution in [2.24, 2.45) is 0 Å². The highest BCUT2D eigenvalue weighted by Gasteiger charge is 2.19. The molecule has 0 fully saturated rings. The molecule has 0 aliphatic rings. The van der Waals surface area contributed by atoms with Crippen LogP contribution in [-0.4, -0.2) is 20.1 Å². The minimum absolute atomic E-state index is 0.0121. The molecular weight excluding hydrogens is 584 g/mol. The number of carbonyl (C=O) groups is 2. The molecule has 0 saturated heterocycles. The summed E-state index contributed by atoms with van der Waals surface area (Å²) in [6.45, 7) is 0. The Hall–Kier alpha value is -2.20. The van der Waals surface area contributed by atoms with Gasteiger partial charge in [0.2, 0.25) is 5.91 Å². The van der Waals surface area contributed by atoms with Gasteiger partial charge in [0.25, 0.3) is 10.0 Å². The highest BCUT2D eigenvalue weighted by molar-refractivity contribution is 9.10. The van der Waals surface area contributed by atoms with Gasteiger partial charge < -0.3 is 5.32 Å². The molecule has 0 radical (unpaired) electrons. The van der Waals surface area contributed by atoms with Crippen LogP contribution in [0.25, 0.3) is 0 Å². The Balaban J connectivity index is 1.66. The first kappa shape index (κ1) is 24.4. The van der Waals surface area contributed by atoms with E-state index in [4.69, 9.17) is 11.6 Å². The van der Waals surface area contributed by atoms with Crippen molar-refractivity contribution in [2.45, 2.75) is 17.7 Å². The monoisotopic (exact) mass is 598 g/mol. The van der Waals surface area contributed by atoms with Crippen molar-refractivity contribution >= 4 is 76.5 Å². The predicted octanol–water partition coefficient (Wildman–Crippen LogP) is 6.27. The highest BCUT2D eigenvalue weighted by atomic mass is 79.9. The van der Waals surface area contributed by atoms with Crippen LogP contribution in [0.4, 0.5) is 11.4 Å². The zero-order chi connectivity index (χ0) is 23.3. The van der Waals surface area contributed by atoms with Crippen LogP contribution in [0.5, 0.6) is 0 Å². The van der Waals surface area contributed by atoms with E-state index in [0.717, 1.165) is 8.95 Å². The fourth-order valence-corrected chi connectivity index (χ4v) is 4.86. The Labute approximate surface area is 207 Å². The molecule has 0 aliphatic carbocycles. The van der Waals surface area contributed by atoms with Crippen LogP contribution in [0.15, 0.2) is 80.6 Å². The molecule has 0 saturated carbocycles. The first-order valence-electron chi connectivity index (χ1n) is 9.30. The fraction of sp³-hybridized carbons (Fsp3) is 0.0909. The number of Topliss-reactive ketones (excluding diaryl/α,β-unsaturated/α-hetero) is 1. The summed E-state index contributed by atoms with van der Waals surface area (Å²) in [4.78, 5) is 24.4. The second-order valence-corrected chi connectivity index (χ2v) is 10.6. The number of halogens is 3. The zero-order valence-electron chi connectivity index (χ0n) is 16.4. The van der Waals surface area contributed by atoms with Crippen LogP contribution >= 0.6 is 43.5 Å². The summed E-state index contributed by atoms with van der Waals surface area (Å²) in [6.07, 6.45) is -0.0198. The number of ketones is 1. The molecule has 0 aromatic heterocycles. The second kappa shape index (κ2) is 10.6. The number of benzene rings is 3. The van der Waals surface area contributed by atoms with E-state index in [1.807, 2.05) is 0 Å². The van der Waals surface area contributed by atoms with E-state index >= 15 is 0 Å². The lowest BCUT2D eigenvalue weighted by Gasteiger charge is -2.12. The van der Waals surface area contributed by atoms with Crippen LogP contribution in [0.2, 0.25) is 5.02 Å². The minimum Gasteiger partial charge on any atom is -0.326 e. The van der Waals surface area contributed by atoms with E-state index in [0.29, 0.717) is 11.3 Å². The summed E-state index contributed by atoms with van der Waals surface area (Å²) >= 11 is 12.7. The lowest BCUT2D eigenvalue weighted by molar-refractivity contribution is -0.116. The van der Waals surface area contributed by atoms with E-state index < -0.39 is 15.9 Å². The van der Waals surface area contributed by atoms with Gasteiger partial charge in [0.05, 0.1) is 5.02 Å². The first-order valence-corrected chi connectivity index (χ1v) is 12.8. The number of rotatable bonds is 8. The maximum Gasteiger partial charge on any atom is 0.263 e. The van der Waals surface area contributed by atoms with Crippen molar-refractivity contribution in [3.63, 3.8) is 0 Å². The van der Waals surface area contributed by atoms with Gasteiger partial charge in [0, 0.05) is 38.7 Å². The topological polar surface area (TPSA) is 92.3 Å². The van der Waals surface area contributed by atoms with Gasteiger partial charge in [-0.15, -0.1) is 0 Å². The molecule has 0 atom stereocenters. The number of hydrogen-bond donors (Lipinski definition) is 2. The van der Waals surface area contributed by atoms with E-state index in [1.54, 1.807) is 48.5 Å².